The molecule has 0 saturated carbocycles. The fourth-order valence-electron chi connectivity index (χ4n) is 5.32. The Balaban J connectivity index is 1.35. The van der Waals surface area contributed by atoms with Crippen molar-refractivity contribution in [3.05, 3.63) is 117 Å². The molecule has 1 aliphatic rings. The summed E-state index contributed by atoms with van der Waals surface area (Å²) >= 11 is 1.39. The van der Waals surface area contributed by atoms with E-state index in [0.29, 0.717) is 48.1 Å². The number of nitrogens with one attached hydrogen (secondary N) is 1. The number of aromatic nitrogens is 2. The predicted octanol–water partition coefficient (Wildman–Crippen LogP) is 5.94. The van der Waals surface area contributed by atoms with Gasteiger partial charge in [-0.3, -0.25) is 9.59 Å². The molecule has 0 saturated heterocycles. The van der Waals surface area contributed by atoms with Crippen LogP contribution in [0.4, 0.5) is 8.78 Å². The largest absolute Gasteiger partial charge is 0.336 e. The van der Waals surface area contributed by atoms with Gasteiger partial charge in [0.25, 0.3) is 5.56 Å². The standard InChI is InChI=1S/C34H36F2N4O2S/c1-2-37-18-19-39(21-25-8-14-28(15-9-25)27-12-6-24(20-35)7-13-27)32(41)22-40-31-5-3-4-30(31)33(42)38-34(40)43-23-26-10-16-29(36)17-11-26/h6-17,37H,2-5,18-23H2,1H3. The summed E-state index contributed by atoms with van der Waals surface area (Å²) in [5.74, 6) is 0.158. The smallest absolute Gasteiger partial charge is 0.277 e. The molecule has 9 heteroatoms. The van der Waals surface area contributed by atoms with Crippen molar-refractivity contribution in [2.45, 2.75) is 56.9 Å². The van der Waals surface area contributed by atoms with Crippen LogP contribution < -0.4 is 10.9 Å². The van der Waals surface area contributed by atoms with Crippen LogP contribution in [0.25, 0.3) is 11.1 Å². The first-order chi connectivity index (χ1) is 20.9. The quantitative estimate of drug-likeness (QED) is 0.117. The van der Waals surface area contributed by atoms with Gasteiger partial charge in [0.2, 0.25) is 5.91 Å². The number of thioether (sulfide) groups is 1. The monoisotopic (exact) mass is 602 g/mol. The van der Waals surface area contributed by atoms with E-state index in [9.17, 15) is 18.4 Å². The van der Waals surface area contributed by atoms with Crippen LogP contribution in [-0.4, -0.2) is 40.0 Å². The Kier molecular flexibility index (Phi) is 10.4. The van der Waals surface area contributed by atoms with Gasteiger partial charge in [-0.2, -0.15) is 4.98 Å². The van der Waals surface area contributed by atoms with Crippen LogP contribution in [0.3, 0.4) is 0 Å². The molecule has 4 aromatic rings. The molecule has 0 fully saturated rings. The summed E-state index contributed by atoms with van der Waals surface area (Å²) in [6.07, 6.45) is 2.26. The number of nitrogens with zero attached hydrogens (tertiary/aromatic N) is 3. The molecule has 0 spiro atoms. The van der Waals surface area contributed by atoms with Crippen molar-refractivity contribution in [3.8, 4) is 11.1 Å². The fraction of sp³-hybridized carbons (Fsp3) is 0.324. The van der Waals surface area contributed by atoms with Gasteiger partial charge in [0.15, 0.2) is 5.16 Å². The lowest BCUT2D eigenvalue weighted by Crippen LogP contribution is -2.39. The molecule has 3 aromatic carbocycles. The van der Waals surface area contributed by atoms with Crippen LogP contribution >= 0.6 is 11.8 Å². The Hall–Kier alpha value is -3.82. The molecule has 0 radical (unpaired) electrons. The minimum Gasteiger partial charge on any atom is -0.336 e. The summed E-state index contributed by atoms with van der Waals surface area (Å²) < 4.78 is 28.2. The summed E-state index contributed by atoms with van der Waals surface area (Å²) in [6, 6.07) is 21.8. The van der Waals surface area contributed by atoms with Crippen molar-refractivity contribution in [2.75, 3.05) is 19.6 Å². The van der Waals surface area contributed by atoms with Gasteiger partial charge in [0.05, 0.1) is 0 Å². The second-order valence-electron chi connectivity index (χ2n) is 10.7. The number of hydrogen-bond acceptors (Lipinski definition) is 5. The van der Waals surface area contributed by atoms with Crippen molar-refractivity contribution >= 4 is 17.7 Å². The summed E-state index contributed by atoms with van der Waals surface area (Å²) in [4.78, 5) is 33.0. The molecule has 43 heavy (non-hydrogen) atoms. The third-order valence-electron chi connectivity index (χ3n) is 7.71. The number of hydrogen-bond donors (Lipinski definition) is 1. The first-order valence-corrected chi connectivity index (χ1v) is 15.7. The number of rotatable bonds is 13. The average molecular weight is 603 g/mol. The van der Waals surface area contributed by atoms with Crippen molar-refractivity contribution in [1.29, 1.82) is 0 Å². The Morgan fingerprint density at radius 3 is 2.26 bits per heavy atom. The van der Waals surface area contributed by atoms with Gasteiger partial charge in [-0.05, 0) is 65.8 Å². The highest BCUT2D eigenvalue weighted by Gasteiger charge is 2.25. The molecule has 224 valence electrons. The maximum atomic E-state index is 13.9. The van der Waals surface area contributed by atoms with E-state index in [1.165, 1.54) is 23.9 Å². The van der Waals surface area contributed by atoms with Gasteiger partial charge in [0.1, 0.15) is 19.0 Å². The Morgan fingerprint density at radius 1 is 0.953 bits per heavy atom. The van der Waals surface area contributed by atoms with E-state index in [0.717, 1.165) is 47.3 Å². The van der Waals surface area contributed by atoms with Crippen LogP contribution in [0, 0.1) is 5.82 Å². The molecule has 1 amide bonds. The van der Waals surface area contributed by atoms with Gasteiger partial charge in [0, 0.05) is 36.6 Å². The second-order valence-corrected chi connectivity index (χ2v) is 11.6. The maximum Gasteiger partial charge on any atom is 0.277 e. The molecule has 0 unspecified atom stereocenters. The lowest BCUT2D eigenvalue weighted by atomic mass is 10.0. The number of halogens is 2. The molecule has 1 heterocycles. The molecule has 1 aliphatic carbocycles. The van der Waals surface area contributed by atoms with E-state index < -0.39 is 6.67 Å². The maximum absolute atomic E-state index is 13.9. The van der Waals surface area contributed by atoms with Crippen LogP contribution in [0.5, 0.6) is 0 Å². The lowest BCUT2D eigenvalue weighted by molar-refractivity contribution is -0.132. The van der Waals surface area contributed by atoms with Gasteiger partial charge < -0.3 is 14.8 Å². The zero-order chi connectivity index (χ0) is 30.2. The molecular weight excluding hydrogens is 566 g/mol. The van der Waals surface area contributed by atoms with Crippen molar-refractivity contribution < 1.29 is 13.6 Å². The first-order valence-electron chi connectivity index (χ1n) is 14.7. The average Bonchev–Trinajstić information content (AvgIpc) is 3.53. The van der Waals surface area contributed by atoms with Crippen LogP contribution in [0.1, 0.15) is 41.3 Å². The Morgan fingerprint density at radius 2 is 1.60 bits per heavy atom. The Bertz CT molecular complexity index is 1590. The number of amides is 1. The van der Waals surface area contributed by atoms with E-state index in [1.54, 1.807) is 24.3 Å². The van der Waals surface area contributed by atoms with Gasteiger partial charge in [-0.25, -0.2) is 8.78 Å². The van der Waals surface area contributed by atoms with E-state index in [1.807, 2.05) is 52.8 Å². The van der Waals surface area contributed by atoms with Crippen molar-refractivity contribution in [1.82, 2.24) is 19.8 Å². The van der Waals surface area contributed by atoms with Crippen LogP contribution in [0.2, 0.25) is 0 Å². The van der Waals surface area contributed by atoms with Crippen LogP contribution in [0.15, 0.2) is 82.7 Å². The minimum absolute atomic E-state index is 0.0491. The highest BCUT2D eigenvalue weighted by Crippen LogP contribution is 2.27. The zero-order valence-corrected chi connectivity index (χ0v) is 25.1. The molecule has 5 rings (SSSR count). The number of likely N-dealkylation sites (N-methyl/N-ethyl adjacent to an activating group) is 1. The topological polar surface area (TPSA) is 67.2 Å². The van der Waals surface area contributed by atoms with E-state index in [4.69, 9.17) is 0 Å². The fourth-order valence-corrected chi connectivity index (χ4v) is 6.28. The minimum atomic E-state index is -0.484. The number of alkyl halides is 1. The van der Waals surface area contributed by atoms with Gasteiger partial charge in [-0.15, -0.1) is 0 Å². The lowest BCUT2D eigenvalue weighted by Gasteiger charge is -2.25. The van der Waals surface area contributed by atoms with Crippen molar-refractivity contribution in [3.63, 3.8) is 0 Å². The zero-order valence-electron chi connectivity index (χ0n) is 24.3. The molecule has 6 nitrogen and oxygen atoms in total. The van der Waals surface area contributed by atoms with E-state index >= 15 is 0 Å². The van der Waals surface area contributed by atoms with Gasteiger partial charge >= 0.3 is 0 Å². The number of carbonyl (C=O) groups excluding carboxylic acids is 1. The normalized spacial score (nSPS) is 12.3. The molecule has 1 aromatic heterocycles. The van der Waals surface area contributed by atoms with E-state index in [2.05, 4.69) is 10.3 Å². The number of fused-ring (bicyclic) bond motifs is 1. The summed E-state index contributed by atoms with van der Waals surface area (Å²) in [6.45, 7) is 4.08. The SMILES string of the molecule is CCNCCN(Cc1ccc(-c2ccc(CF)cc2)cc1)C(=O)Cn1c(SCc2ccc(F)cc2)nc(=O)c2c1CCC2. The van der Waals surface area contributed by atoms with E-state index in [-0.39, 0.29) is 23.8 Å². The molecular formula is C34H36F2N4O2S. The second kappa shape index (κ2) is 14.6. The number of benzene rings is 3. The number of carbonyl (C=O) groups is 1. The van der Waals surface area contributed by atoms with Crippen molar-refractivity contribution in [2.24, 2.45) is 0 Å². The van der Waals surface area contributed by atoms with Gasteiger partial charge in [-0.1, -0.05) is 79.3 Å². The first kappa shape index (κ1) is 30.6. The summed E-state index contributed by atoms with van der Waals surface area (Å²) in [7, 11) is 0. The third kappa shape index (κ3) is 7.77. The van der Waals surface area contributed by atoms with Crippen LogP contribution in [-0.2, 0) is 43.2 Å². The molecule has 0 aliphatic heterocycles. The molecule has 1 N–H and O–H groups in total. The highest BCUT2D eigenvalue weighted by atomic mass is 32.2. The summed E-state index contributed by atoms with van der Waals surface area (Å²) in [5, 5.41) is 3.83. The molecule has 0 bridgehead atoms. The molecule has 0 atom stereocenters. The Labute approximate surface area is 255 Å². The summed E-state index contributed by atoms with van der Waals surface area (Å²) in [5.41, 5.74) is 5.97. The highest BCUT2D eigenvalue weighted by molar-refractivity contribution is 7.98. The predicted molar refractivity (Wildman–Crippen MR) is 167 cm³/mol. The third-order valence-corrected chi connectivity index (χ3v) is 8.75.